The number of rotatable bonds is 24. The first-order chi connectivity index (χ1) is 45.8. The first kappa shape index (κ1) is 77.5. The number of ether oxygens (including phenoxy) is 13. The summed E-state index contributed by atoms with van der Waals surface area (Å²) in [6, 6.07) is 0. The molecular weight excluding hydrogens is 1280 g/mol. The molecule has 0 aromatic carbocycles. The number of carboxylic acid groups (broad SMARTS) is 1. The highest BCUT2D eigenvalue weighted by atomic mass is 16.7. The molecule has 10 aliphatic rings. The predicted molar refractivity (Wildman–Crippen MR) is 335 cm³/mol. The molecule has 558 valence electrons. The van der Waals surface area contributed by atoms with E-state index in [1.165, 1.54) is 21.3 Å². The maximum absolute atomic E-state index is 15.4. The van der Waals surface area contributed by atoms with Crippen LogP contribution in [-0.2, 0) is 71.2 Å². The Bertz CT molecular complexity index is 2670. The van der Waals surface area contributed by atoms with Gasteiger partial charge in [-0.25, -0.2) is 0 Å². The van der Waals surface area contributed by atoms with Crippen molar-refractivity contribution in [2.24, 2.45) is 56.2 Å². The number of carboxylic acids is 1. The number of carbonyl (C=O) groups is 2. The number of hydrogen-bond donors (Lipinski definition) is 14. The largest absolute Gasteiger partial charge is 0.481 e. The van der Waals surface area contributed by atoms with Crippen molar-refractivity contribution in [3.63, 3.8) is 0 Å². The highest BCUT2D eigenvalue weighted by Crippen LogP contribution is 2.76. The molecule has 29 heteroatoms. The van der Waals surface area contributed by atoms with E-state index in [4.69, 9.17) is 61.6 Å². The van der Waals surface area contributed by atoms with Gasteiger partial charge in [0.15, 0.2) is 12.1 Å². The first-order valence-electron chi connectivity index (χ1n) is 34.8. The lowest BCUT2D eigenvalue weighted by Crippen LogP contribution is -2.70. The van der Waals surface area contributed by atoms with Crippen LogP contribution in [0, 0.1) is 56.2 Å². The Hall–Kier alpha value is -2.16. The smallest absolute Gasteiger partial charge is 0.312 e. The van der Waals surface area contributed by atoms with Crippen molar-refractivity contribution < 1.29 is 143 Å². The number of Topliss-reactive ketones (excluding diaryl/α,β-unsaturated/α-hetero) is 1. The van der Waals surface area contributed by atoms with Crippen molar-refractivity contribution in [2.45, 2.75) is 259 Å². The van der Waals surface area contributed by atoms with Gasteiger partial charge in [-0.15, -0.1) is 0 Å². The summed E-state index contributed by atoms with van der Waals surface area (Å²) in [7, 11) is 4.43. The van der Waals surface area contributed by atoms with Gasteiger partial charge < -0.3 is 133 Å². The number of methoxy groups -OCH3 is 3. The van der Waals surface area contributed by atoms with Crippen LogP contribution in [0.5, 0.6) is 0 Å². The van der Waals surface area contributed by atoms with Crippen molar-refractivity contribution in [2.75, 3.05) is 87.4 Å². The van der Waals surface area contributed by atoms with Crippen LogP contribution in [0.4, 0.5) is 0 Å². The molecular formula is C68H112O29. The summed E-state index contributed by atoms with van der Waals surface area (Å²) >= 11 is 0. The fourth-order valence-corrected chi connectivity index (χ4v) is 20.0. The third kappa shape index (κ3) is 13.8. The van der Waals surface area contributed by atoms with E-state index in [2.05, 4.69) is 33.8 Å². The fourth-order valence-electron chi connectivity index (χ4n) is 20.0. The molecule has 5 heterocycles. The lowest BCUT2D eigenvalue weighted by atomic mass is 9.33. The summed E-state index contributed by atoms with van der Waals surface area (Å²) in [4.78, 5) is 29.3. The lowest BCUT2D eigenvalue weighted by Gasteiger charge is -2.71. The zero-order valence-electron chi connectivity index (χ0n) is 57.6. The highest BCUT2D eigenvalue weighted by Gasteiger charge is 2.73. The Morgan fingerprint density at radius 1 is 0.557 bits per heavy atom. The van der Waals surface area contributed by atoms with Gasteiger partial charge in [0.1, 0.15) is 123 Å². The Kier molecular flexibility index (Phi) is 24.4. The molecule has 0 spiro atoms. The molecule has 97 heavy (non-hydrogen) atoms. The number of aliphatic carboxylic acids is 1. The van der Waals surface area contributed by atoms with Crippen LogP contribution in [0.25, 0.3) is 0 Å². The molecule has 0 radical (unpaired) electrons. The molecule has 0 bridgehead atoms. The summed E-state index contributed by atoms with van der Waals surface area (Å²) in [6.07, 6.45) is -23.3. The zero-order chi connectivity index (χ0) is 70.8. The minimum Gasteiger partial charge on any atom is -0.481 e. The monoisotopic (exact) mass is 1390 g/mol. The average Bonchev–Trinajstić information content (AvgIpc) is 0.670. The van der Waals surface area contributed by atoms with Crippen LogP contribution in [0.1, 0.15) is 106 Å². The quantitative estimate of drug-likeness (QED) is 0.0461. The number of aliphatic hydroxyl groups is 13. The van der Waals surface area contributed by atoms with Crippen LogP contribution in [0.2, 0.25) is 0 Å². The molecule has 29 nitrogen and oxygen atoms in total. The number of hydrogen-bond acceptors (Lipinski definition) is 28. The molecule has 9 fully saturated rings. The van der Waals surface area contributed by atoms with Gasteiger partial charge in [-0.2, -0.15) is 0 Å². The summed E-state index contributed by atoms with van der Waals surface area (Å²) in [5.41, 5.74) is -3.83. The van der Waals surface area contributed by atoms with Crippen LogP contribution < -0.4 is 0 Å². The highest BCUT2D eigenvalue weighted by molar-refractivity contribution is 5.87. The maximum atomic E-state index is 15.4. The molecule has 0 aromatic heterocycles. The van der Waals surface area contributed by atoms with Gasteiger partial charge >= 0.3 is 5.97 Å². The lowest BCUT2D eigenvalue weighted by molar-refractivity contribution is -0.325. The molecule has 34 atom stereocenters. The van der Waals surface area contributed by atoms with E-state index in [9.17, 15) is 76.3 Å². The normalized spacial score (nSPS) is 50.7. The second-order valence-corrected chi connectivity index (χ2v) is 31.3. The van der Waals surface area contributed by atoms with Crippen LogP contribution in [0.15, 0.2) is 11.6 Å². The van der Waals surface area contributed by atoms with Crippen LogP contribution in [-0.4, -0.2) is 323 Å². The van der Waals surface area contributed by atoms with Crippen molar-refractivity contribution in [3.05, 3.63) is 11.6 Å². The topological polar surface area (TPSA) is 437 Å². The number of fused-ring (bicyclic) bond motifs is 7. The predicted octanol–water partition coefficient (Wildman–Crippen LogP) is -2.09. The number of ketones is 1. The maximum Gasteiger partial charge on any atom is 0.312 e. The Labute approximate surface area is 566 Å². The van der Waals surface area contributed by atoms with Crippen molar-refractivity contribution in [1.82, 2.24) is 0 Å². The first-order valence-corrected chi connectivity index (χ1v) is 34.8. The average molecular weight is 1390 g/mol. The summed E-state index contributed by atoms with van der Waals surface area (Å²) in [5.74, 6) is -3.03. The van der Waals surface area contributed by atoms with E-state index in [0.717, 1.165) is 12.0 Å². The summed E-state index contributed by atoms with van der Waals surface area (Å²) in [6.45, 7) is 10.7. The van der Waals surface area contributed by atoms with Gasteiger partial charge in [0.2, 0.25) is 0 Å². The molecule has 32 unspecified atom stereocenters. The van der Waals surface area contributed by atoms with Crippen molar-refractivity contribution >= 4 is 11.8 Å². The van der Waals surface area contributed by atoms with Gasteiger partial charge in [0.25, 0.3) is 0 Å². The van der Waals surface area contributed by atoms with Gasteiger partial charge in [-0.3, -0.25) is 9.59 Å². The van der Waals surface area contributed by atoms with E-state index in [1.54, 1.807) is 13.8 Å². The van der Waals surface area contributed by atoms with Crippen LogP contribution in [0.3, 0.4) is 0 Å². The van der Waals surface area contributed by atoms with Gasteiger partial charge in [0.05, 0.1) is 95.4 Å². The molecule has 5 aliphatic carbocycles. The van der Waals surface area contributed by atoms with Gasteiger partial charge in [0, 0.05) is 38.1 Å². The van der Waals surface area contributed by atoms with Crippen LogP contribution >= 0.6 is 0 Å². The standard InChI is InChI=1S/C68H112O29/c1-31-55(85-8)59(87-10)57(90-27-41-51(79)58(86-9)56(32(2)93-41)97-61-54(82)46(74)33(24-92-61)23-88-25-39-49(77)52(80)47(75)37(21-69)95-39)42(94-31)26-89-29-45(73)67-16-15-63(3,4)19-35(67)34-11-12-43-64(5)20-36(72)60(91-28-40-50(78)53(81)48(76)38(22-70)96-40)66(7,62(83)84)44(64)13-14-65(43,6)68(34,30-71)18-17-67/h11,31-33,35-44,46-61,69-72,74-82H,12-30H2,1-10H3,(H,83,84)/t31?,32?,33?,35?,36?,37?,38?,39?,40?,41?,42?,43?,44?,46?,47?,48?,49?,50?,51?,52?,53?,54?,55?,56?,57?,58?,59?,60?,61?,64-,65-,66?,67?,68?/m1/s1. The fraction of sp³-hybridized carbons (Fsp3) is 0.941. The number of aliphatic hydroxyl groups excluding tert-OH is 13. The molecule has 5 saturated heterocycles. The Balaban J connectivity index is 0.791. The third-order valence-corrected chi connectivity index (χ3v) is 25.6. The summed E-state index contributed by atoms with van der Waals surface area (Å²) < 4.78 is 79.1. The van der Waals surface area contributed by atoms with Crippen molar-refractivity contribution in [1.29, 1.82) is 0 Å². The Morgan fingerprint density at radius 2 is 1.12 bits per heavy atom. The minimum absolute atomic E-state index is 0.0696. The number of carbonyl (C=O) groups excluding carboxylic acids is 1. The second kappa shape index (κ2) is 30.5. The molecule has 5 aliphatic heterocycles. The molecule has 10 rings (SSSR count). The number of allylic oxidation sites excluding steroid dienone is 1. The van der Waals surface area contributed by atoms with E-state index >= 15 is 4.79 Å². The van der Waals surface area contributed by atoms with Gasteiger partial charge in [-0.1, -0.05) is 39.3 Å². The molecule has 4 saturated carbocycles. The second-order valence-electron chi connectivity index (χ2n) is 31.3. The van der Waals surface area contributed by atoms with E-state index in [1.807, 2.05) is 6.92 Å². The zero-order valence-corrected chi connectivity index (χ0v) is 57.6. The van der Waals surface area contributed by atoms with Gasteiger partial charge in [-0.05, 0) is 113 Å². The third-order valence-electron chi connectivity index (χ3n) is 25.6. The van der Waals surface area contributed by atoms with E-state index in [-0.39, 0.29) is 75.7 Å². The Morgan fingerprint density at radius 3 is 1.73 bits per heavy atom. The summed E-state index contributed by atoms with van der Waals surface area (Å²) in [5, 5.41) is 152. The van der Waals surface area contributed by atoms with E-state index in [0.29, 0.717) is 44.9 Å². The SMILES string of the molecule is COC1C(C)OC(COCC(=O)C23CCC(C)(C)CC2C2=CCC4[C@@]5(C)CC(O)C(OCC6OC(CO)C(O)C(O)C6O)C(C)(C(=O)O)C5CC[C@@]4(C)C2(CO)CC3)C(OCC2OC(C)C(OC3OCC(COCC4OC(CO)C(O)C(O)C4O)C(O)C3O)C(OC)C2O)C1OC. The van der Waals surface area contributed by atoms with E-state index < -0.39 is 217 Å². The van der Waals surface area contributed by atoms with Crippen molar-refractivity contribution in [3.8, 4) is 0 Å². The molecule has 0 aromatic rings. The molecule has 14 N–H and O–H groups in total. The minimum atomic E-state index is -1.67. The molecule has 0 amide bonds.